The molecule has 0 N–H and O–H groups in total. The molecular weight excluding hydrogens is 482 g/mol. The van der Waals surface area contributed by atoms with Crippen molar-refractivity contribution in [2.45, 2.75) is 30.7 Å². The number of carbonyl (C=O) groups is 4. The van der Waals surface area contributed by atoms with E-state index in [1.165, 1.54) is 31.4 Å². The van der Waals surface area contributed by atoms with Crippen molar-refractivity contribution < 1.29 is 28.7 Å². The Kier molecular flexibility index (Phi) is 7.44. The topological polar surface area (TPSA) is 116 Å². The Bertz CT molecular complexity index is 1300. The fourth-order valence-electron chi connectivity index (χ4n) is 3.66. The average molecular weight is 506 g/mol. The van der Waals surface area contributed by atoms with Gasteiger partial charge in [0, 0.05) is 23.4 Å². The third kappa shape index (κ3) is 5.60. The maximum Gasteiger partial charge on any atom is 0.338 e. The third-order valence-electron chi connectivity index (χ3n) is 5.42. The summed E-state index contributed by atoms with van der Waals surface area (Å²) in [5.41, 5.74) is 2.50. The van der Waals surface area contributed by atoms with Gasteiger partial charge in [0.2, 0.25) is 11.8 Å². The predicted octanol–water partition coefficient (Wildman–Crippen LogP) is 3.57. The Morgan fingerprint density at radius 3 is 2.19 bits per heavy atom. The minimum atomic E-state index is -0.692. The van der Waals surface area contributed by atoms with Crippen LogP contribution in [0.3, 0.4) is 0 Å². The van der Waals surface area contributed by atoms with E-state index in [0.29, 0.717) is 22.2 Å². The summed E-state index contributed by atoms with van der Waals surface area (Å²) >= 11 is 1.16. The number of aryl methyl sites for hydroxylation is 2. The van der Waals surface area contributed by atoms with Gasteiger partial charge in [-0.2, -0.15) is 0 Å². The molecule has 0 bridgehead atoms. The standard InChI is InChI=1S/C26H23N3O6S/c1-15-12-16(2)28-26(27-15)36-22-13-23(31)29(24(22)32)19-8-4-18(5-9-19)25(33)35-14-21(30)17-6-10-20(34-3)11-7-17/h4-12,22H,13-14H2,1-3H3. The van der Waals surface area contributed by atoms with E-state index in [2.05, 4.69) is 9.97 Å². The summed E-state index contributed by atoms with van der Waals surface area (Å²) in [6.07, 6.45) is 0.0249. The van der Waals surface area contributed by atoms with Crippen LogP contribution >= 0.6 is 11.8 Å². The molecule has 1 aromatic heterocycles. The lowest BCUT2D eigenvalue weighted by molar-refractivity contribution is -0.121. The molecule has 3 aromatic rings. The van der Waals surface area contributed by atoms with E-state index in [1.54, 1.807) is 24.3 Å². The van der Waals surface area contributed by atoms with E-state index in [4.69, 9.17) is 9.47 Å². The number of carbonyl (C=O) groups excluding carboxylic acids is 4. The molecule has 0 spiro atoms. The third-order valence-corrected chi connectivity index (χ3v) is 6.47. The van der Waals surface area contributed by atoms with Crippen molar-refractivity contribution in [3.8, 4) is 5.75 Å². The second-order valence-electron chi connectivity index (χ2n) is 8.09. The SMILES string of the molecule is COc1ccc(C(=O)COC(=O)c2ccc(N3C(=O)CC(Sc4nc(C)cc(C)n4)C3=O)cc2)cc1. The first-order chi connectivity index (χ1) is 17.2. The molecule has 2 amide bonds. The fraction of sp³-hybridized carbons (Fsp3) is 0.231. The number of imide groups is 1. The molecule has 2 aromatic carbocycles. The number of hydrogen-bond acceptors (Lipinski definition) is 9. The molecule has 1 saturated heterocycles. The van der Waals surface area contributed by atoms with E-state index in [0.717, 1.165) is 28.0 Å². The van der Waals surface area contributed by atoms with Crippen molar-refractivity contribution in [3.63, 3.8) is 0 Å². The van der Waals surface area contributed by atoms with Crippen LogP contribution in [0.2, 0.25) is 0 Å². The number of Topliss-reactive ketones (excluding diaryl/α,β-unsaturated/α-hetero) is 1. The molecule has 1 atom stereocenters. The van der Waals surface area contributed by atoms with Gasteiger partial charge in [-0.3, -0.25) is 14.4 Å². The number of methoxy groups -OCH3 is 1. The first-order valence-corrected chi connectivity index (χ1v) is 11.9. The Morgan fingerprint density at radius 2 is 1.58 bits per heavy atom. The molecular formula is C26H23N3O6S. The molecule has 0 radical (unpaired) electrons. The van der Waals surface area contributed by atoms with E-state index in [1.807, 2.05) is 19.9 Å². The van der Waals surface area contributed by atoms with Gasteiger partial charge in [-0.1, -0.05) is 11.8 Å². The first kappa shape index (κ1) is 25.1. The highest BCUT2D eigenvalue weighted by molar-refractivity contribution is 8.00. The number of ether oxygens (including phenoxy) is 2. The number of thioether (sulfide) groups is 1. The number of ketones is 1. The summed E-state index contributed by atoms with van der Waals surface area (Å²) in [6.45, 7) is 3.26. The molecule has 1 aliphatic heterocycles. The lowest BCUT2D eigenvalue weighted by atomic mass is 10.1. The predicted molar refractivity (Wildman–Crippen MR) is 132 cm³/mol. The first-order valence-electron chi connectivity index (χ1n) is 11.1. The number of nitrogens with zero attached hydrogens (tertiary/aromatic N) is 3. The van der Waals surface area contributed by atoms with Crippen molar-refractivity contribution in [1.82, 2.24) is 9.97 Å². The molecule has 4 rings (SSSR count). The van der Waals surface area contributed by atoms with Crippen LogP contribution in [0.15, 0.2) is 59.8 Å². The maximum absolute atomic E-state index is 13.0. The molecule has 184 valence electrons. The molecule has 0 aliphatic carbocycles. The summed E-state index contributed by atoms with van der Waals surface area (Å²) in [5.74, 6) is -1.15. The highest BCUT2D eigenvalue weighted by Crippen LogP contribution is 2.32. The lowest BCUT2D eigenvalue weighted by Gasteiger charge is -2.15. The number of aromatic nitrogens is 2. The minimum Gasteiger partial charge on any atom is -0.497 e. The van der Waals surface area contributed by atoms with Crippen molar-refractivity contribution in [1.29, 1.82) is 0 Å². The molecule has 1 fully saturated rings. The molecule has 10 heteroatoms. The Morgan fingerprint density at radius 1 is 0.972 bits per heavy atom. The van der Waals surface area contributed by atoms with E-state index in [-0.39, 0.29) is 29.6 Å². The zero-order valence-electron chi connectivity index (χ0n) is 19.9. The Balaban J connectivity index is 1.37. The van der Waals surface area contributed by atoms with Crippen LogP contribution in [0.25, 0.3) is 0 Å². The zero-order valence-corrected chi connectivity index (χ0v) is 20.7. The summed E-state index contributed by atoms with van der Waals surface area (Å²) in [7, 11) is 1.53. The van der Waals surface area contributed by atoms with Crippen LogP contribution in [-0.2, 0) is 14.3 Å². The van der Waals surface area contributed by atoms with Gasteiger partial charge in [0.1, 0.15) is 11.0 Å². The van der Waals surface area contributed by atoms with Crippen LogP contribution in [0.4, 0.5) is 5.69 Å². The molecule has 1 aliphatic rings. The molecule has 0 saturated carbocycles. The van der Waals surface area contributed by atoms with Gasteiger partial charge in [-0.15, -0.1) is 0 Å². The van der Waals surface area contributed by atoms with Crippen molar-refractivity contribution in [2.24, 2.45) is 0 Å². The number of anilines is 1. The van der Waals surface area contributed by atoms with Crippen LogP contribution < -0.4 is 9.64 Å². The van der Waals surface area contributed by atoms with Gasteiger partial charge < -0.3 is 9.47 Å². The highest BCUT2D eigenvalue weighted by atomic mass is 32.2. The minimum absolute atomic E-state index is 0.0249. The summed E-state index contributed by atoms with van der Waals surface area (Å²) in [6, 6.07) is 14.2. The fourth-order valence-corrected chi connectivity index (χ4v) is 4.74. The van der Waals surface area contributed by atoms with Crippen LogP contribution in [0.1, 0.15) is 38.5 Å². The number of rotatable bonds is 8. The molecule has 36 heavy (non-hydrogen) atoms. The van der Waals surface area contributed by atoms with Gasteiger partial charge >= 0.3 is 5.97 Å². The van der Waals surface area contributed by atoms with Crippen LogP contribution in [-0.4, -0.2) is 52.5 Å². The van der Waals surface area contributed by atoms with Gasteiger partial charge in [0.25, 0.3) is 0 Å². The Hall–Kier alpha value is -4.05. The van der Waals surface area contributed by atoms with E-state index >= 15 is 0 Å². The van der Waals surface area contributed by atoms with Crippen molar-refractivity contribution in [2.75, 3.05) is 18.6 Å². The van der Waals surface area contributed by atoms with Gasteiger partial charge in [-0.05, 0) is 68.4 Å². The Labute approximate surface area is 211 Å². The molecule has 9 nitrogen and oxygen atoms in total. The number of esters is 1. The normalized spacial score (nSPS) is 15.2. The monoisotopic (exact) mass is 505 g/mol. The average Bonchev–Trinajstić information content (AvgIpc) is 3.14. The second kappa shape index (κ2) is 10.7. The summed E-state index contributed by atoms with van der Waals surface area (Å²) in [4.78, 5) is 60.0. The molecule has 2 heterocycles. The smallest absolute Gasteiger partial charge is 0.338 e. The van der Waals surface area contributed by atoms with E-state index < -0.39 is 17.8 Å². The molecule has 1 unspecified atom stereocenters. The van der Waals surface area contributed by atoms with E-state index in [9.17, 15) is 19.2 Å². The highest BCUT2D eigenvalue weighted by Gasteiger charge is 2.40. The van der Waals surface area contributed by atoms with Gasteiger partial charge in [0.05, 0.1) is 18.4 Å². The quantitative estimate of drug-likeness (QED) is 0.196. The summed E-state index contributed by atoms with van der Waals surface area (Å²) < 4.78 is 10.2. The van der Waals surface area contributed by atoms with Crippen LogP contribution in [0.5, 0.6) is 5.75 Å². The number of hydrogen-bond donors (Lipinski definition) is 0. The van der Waals surface area contributed by atoms with Crippen molar-refractivity contribution >= 4 is 41.0 Å². The second-order valence-corrected chi connectivity index (χ2v) is 9.26. The number of benzene rings is 2. The zero-order chi connectivity index (χ0) is 25.8. The van der Waals surface area contributed by atoms with Crippen molar-refractivity contribution in [3.05, 3.63) is 77.1 Å². The summed E-state index contributed by atoms with van der Waals surface area (Å²) in [5, 5.41) is -0.185. The van der Waals surface area contributed by atoms with Crippen LogP contribution in [0, 0.1) is 13.8 Å². The largest absolute Gasteiger partial charge is 0.497 e. The number of amides is 2. The lowest BCUT2D eigenvalue weighted by Crippen LogP contribution is -2.31. The maximum atomic E-state index is 13.0. The van der Waals surface area contributed by atoms with Gasteiger partial charge in [0.15, 0.2) is 17.5 Å². The van der Waals surface area contributed by atoms with Gasteiger partial charge in [-0.25, -0.2) is 19.7 Å².